The van der Waals surface area contributed by atoms with Crippen LogP contribution in [0.2, 0.25) is 0 Å². The van der Waals surface area contributed by atoms with E-state index in [1.54, 1.807) is 11.8 Å². The van der Waals surface area contributed by atoms with E-state index in [0.29, 0.717) is 5.69 Å². The second-order valence-corrected chi connectivity index (χ2v) is 7.68. The zero-order chi connectivity index (χ0) is 17.2. The van der Waals surface area contributed by atoms with E-state index in [0.717, 1.165) is 38.7 Å². The summed E-state index contributed by atoms with van der Waals surface area (Å²) in [4.78, 5) is 18.4. The molecule has 0 N–H and O–H groups in total. The molecule has 124 valence electrons. The summed E-state index contributed by atoms with van der Waals surface area (Å²) in [6, 6.07) is 16.7. The van der Waals surface area contributed by atoms with Crippen LogP contribution in [0.5, 0.6) is 0 Å². The summed E-state index contributed by atoms with van der Waals surface area (Å²) in [5, 5.41) is 1.94. The predicted molar refractivity (Wildman–Crippen MR) is 105 cm³/mol. The summed E-state index contributed by atoms with van der Waals surface area (Å²) >= 11 is 3.31. The summed E-state index contributed by atoms with van der Waals surface area (Å²) in [5.41, 5.74) is 4.84. The van der Waals surface area contributed by atoms with Crippen molar-refractivity contribution in [3.05, 3.63) is 76.9 Å². The maximum absolute atomic E-state index is 11.7. The molecule has 0 saturated carbocycles. The van der Waals surface area contributed by atoms with Gasteiger partial charge in [0, 0.05) is 27.8 Å². The molecule has 0 amide bonds. The van der Waals surface area contributed by atoms with Gasteiger partial charge in [0.25, 0.3) is 0 Å². The lowest BCUT2D eigenvalue weighted by molar-refractivity contribution is 0.111. The molecule has 0 bridgehead atoms. The Labute approximate surface area is 154 Å². The van der Waals surface area contributed by atoms with Crippen molar-refractivity contribution in [3.63, 3.8) is 0 Å². The zero-order valence-electron chi connectivity index (χ0n) is 13.7. The van der Waals surface area contributed by atoms with Crippen LogP contribution >= 0.6 is 23.1 Å². The molecule has 0 aliphatic carbocycles. The molecule has 2 aromatic carbocycles. The molecule has 0 unspecified atom stereocenters. The SMILES string of the molecule is Cc1ccc(SCc2ccccc2)c(-c2nc3sccn3c2C=O)c1. The summed E-state index contributed by atoms with van der Waals surface area (Å²) < 4.78 is 1.86. The van der Waals surface area contributed by atoms with Crippen molar-refractivity contribution in [2.24, 2.45) is 0 Å². The van der Waals surface area contributed by atoms with E-state index in [-0.39, 0.29) is 0 Å². The Morgan fingerprint density at radius 2 is 2.04 bits per heavy atom. The van der Waals surface area contributed by atoms with Gasteiger partial charge >= 0.3 is 0 Å². The highest BCUT2D eigenvalue weighted by Gasteiger charge is 2.17. The van der Waals surface area contributed by atoms with Gasteiger partial charge in [-0.05, 0) is 24.6 Å². The largest absolute Gasteiger partial charge is 0.296 e. The van der Waals surface area contributed by atoms with Gasteiger partial charge in [-0.3, -0.25) is 9.20 Å². The molecule has 2 heterocycles. The van der Waals surface area contributed by atoms with Gasteiger partial charge in [-0.15, -0.1) is 23.1 Å². The van der Waals surface area contributed by atoms with Crippen LogP contribution in [0.15, 0.2) is 65.0 Å². The number of thiazole rings is 1. The lowest BCUT2D eigenvalue weighted by Crippen LogP contribution is -1.93. The number of aryl methyl sites for hydroxylation is 1. The van der Waals surface area contributed by atoms with E-state index < -0.39 is 0 Å². The smallest absolute Gasteiger partial charge is 0.194 e. The van der Waals surface area contributed by atoms with Crippen molar-refractivity contribution in [3.8, 4) is 11.3 Å². The molecule has 0 radical (unpaired) electrons. The predicted octanol–water partition coefficient (Wildman–Crippen LogP) is 5.48. The molecular weight excluding hydrogens is 348 g/mol. The molecule has 5 heteroatoms. The van der Waals surface area contributed by atoms with Crippen LogP contribution in [0.3, 0.4) is 0 Å². The van der Waals surface area contributed by atoms with E-state index in [1.165, 1.54) is 16.9 Å². The number of aldehydes is 1. The quantitative estimate of drug-likeness (QED) is 0.347. The number of thioether (sulfide) groups is 1. The molecule has 4 aromatic rings. The number of rotatable bonds is 5. The summed E-state index contributed by atoms with van der Waals surface area (Å²) in [6.07, 6.45) is 2.79. The number of hydrogen-bond acceptors (Lipinski definition) is 4. The molecule has 3 nitrogen and oxygen atoms in total. The summed E-state index contributed by atoms with van der Waals surface area (Å²) in [6.45, 7) is 2.06. The topological polar surface area (TPSA) is 34.4 Å². The van der Waals surface area contributed by atoms with Crippen LogP contribution in [0.1, 0.15) is 21.6 Å². The van der Waals surface area contributed by atoms with Crippen molar-refractivity contribution < 1.29 is 4.79 Å². The van der Waals surface area contributed by atoms with Gasteiger partial charge in [-0.2, -0.15) is 0 Å². The molecule has 4 rings (SSSR count). The van der Waals surface area contributed by atoms with Crippen molar-refractivity contribution in [2.45, 2.75) is 17.6 Å². The molecule has 0 aliphatic heterocycles. The third-order valence-electron chi connectivity index (χ3n) is 4.04. The number of aromatic nitrogens is 2. The summed E-state index contributed by atoms with van der Waals surface area (Å²) in [7, 11) is 0. The van der Waals surface area contributed by atoms with Gasteiger partial charge in [-0.1, -0.05) is 42.0 Å². The number of carbonyl (C=O) groups is 1. The van der Waals surface area contributed by atoms with Gasteiger partial charge < -0.3 is 0 Å². The maximum atomic E-state index is 11.7. The monoisotopic (exact) mass is 364 g/mol. The van der Waals surface area contributed by atoms with E-state index in [9.17, 15) is 4.79 Å². The molecule has 0 spiro atoms. The highest BCUT2D eigenvalue weighted by molar-refractivity contribution is 7.98. The Kier molecular flexibility index (Phi) is 4.42. The highest BCUT2D eigenvalue weighted by atomic mass is 32.2. The molecule has 25 heavy (non-hydrogen) atoms. The average Bonchev–Trinajstić information content (AvgIpc) is 3.22. The minimum absolute atomic E-state index is 0.614. The van der Waals surface area contributed by atoms with Crippen LogP contribution in [0, 0.1) is 6.92 Å². The first kappa shape index (κ1) is 16.1. The molecule has 0 fully saturated rings. The van der Waals surface area contributed by atoms with Crippen LogP contribution in [-0.4, -0.2) is 15.7 Å². The van der Waals surface area contributed by atoms with Crippen LogP contribution in [-0.2, 0) is 5.75 Å². The van der Waals surface area contributed by atoms with Gasteiger partial charge in [-0.25, -0.2) is 4.98 Å². The van der Waals surface area contributed by atoms with E-state index in [1.807, 2.05) is 22.0 Å². The third kappa shape index (κ3) is 3.13. The van der Waals surface area contributed by atoms with Gasteiger partial charge in [0.1, 0.15) is 11.4 Å². The Balaban J connectivity index is 1.76. The van der Waals surface area contributed by atoms with E-state index in [4.69, 9.17) is 4.98 Å². The number of imidazole rings is 1. The fourth-order valence-corrected chi connectivity index (χ4v) is 4.52. The Morgan fingerprint density at radius 1 is 1.20 bits per heavy atom. The third-order valence-corrected chi connectivity index (χ3v) is 5.94. The Morgan fingerprint density at radius 3 is 2.84 bits per heavy atom. The minimum atomic E-state index is 0.614. The van der Waals surface area contributed by atoms with E-state index >= 15 is 0 Å². The molecule has 0 saturated heterocycles. The standard InChI is InChI=1S/C20H16N2OS2/c1-14-7-8-18(25-13-15-5-3-2-4-6-15)16(11-14)19-17(12-23)22-9-10-24-20(22)21-19/h2-12H,13H2,1H3. The summed E-state index contributed by atoms with van der Waals surface area (Å²) in [5.74, 6) is 0.884. The molecule has 0 atom stereocenters. The lowest BCUT2D eigenvalue weighted by atomic mass is 10.1. The fraction of sp³-hybridized carbons (Fsp3) is 0.100. The second kappa shape index (κ2) is 6.86. The van der Waals surface area contributed by atoms with Gasteiger partial charge in [0.2, 0.25) is 0 Å². The Hall–Kier alpha value is -2.37. The molecule has 0 aliphatic rings. The number of fused-ring (bicyclic) bond motifs is 1. The van der Waals surface area contributed by atoms with Crippen molar-refractivity contribution >= 4 is 34.3 Å². The minimum Gasteiger partial charge on any atom is -0.296 e. The van der Waals surface area contributed by atoms with Crippen LogP contribution in [0.25, 0.3) is 16.2 Å². The van der Waals surface area contributed by atoms with Crippen molar-refractivity contribution in [1.29, 1.82) is 0 Å². The first-order valence-electron chi connectivity index (χ1n) is 7.95. The fourth-order valence-electron chi connectivity index (χ4n) is 2.80. The second-order valence-electron chi connectivity index (χ2n) is 5.79. The lowest BCUT2D eigenvalue weighted by Gasteiger charge is -2.09. The van der Waals surface area contributed by atoms with Gasteiger partial charge in [0.05, 0.1) is 0 Å². The van der Waals surface area contributed by atoms with Gasteiger partial charge in [0.15, 0.2) is 11.2 Å². The number of hydrogen-bond donors (Lipinski definition) is 0. The number of carbonyl (C=O) groups excluding carboxylic acids is 1. The highest BCUT2D eigenvalue weighted by Crippen LogP contribution is 2.36. The van der Waals surface area contributed by atoms with Crippen LogP contribution < -0.4 is 0 Å². The first-order valence-corrected chi connectivity index (χ1v) is 9.81. The Bertz CT molecular complexity index is 1030. The zero-order valence-corrected chi connectivity index (χ0v) is 15.3. The normalized spacial score (nSPS) is 11.1. The van der Waals surface area contributed by atoms with Crippen molar-refractivity contribution in [2.75, 3.05) is 0 Å². The first-order chi connectivity index (χ1) is 12.3. The van der Waals surface area contributed by atoms with Crippen LogP contribution in [0.4, 0.5) is 0 Å². The average molecular weight is 364 g/mol. The molecule has 2 aromatic heterocycles. The number of benzene rings is 2. The van der Waals surface area contributed by atoms with E-state index in [2.05, 4.69) is 49.4 Å². The van der Waals surface area contributed by atoms with Crippen molar-refractivity contribution in [1.82, 2.24) is 9.38 Å². The number of nitrogens with zero attached hydrogens (tertiary/aromatic N) is 2. The maximum Gasteiger partial charge on any atom is 0.194 e. The molecular formula is C20H16N2OS2.